The summed E-state index contributed by atoms with van der Waals surface area (Å²) >= 11 is 0. The Morgan fingerprint density at radius 3 is 1.74 bits per heavy atom. The molecule has 0 unspecified atom stereocenters. The minimum absolute atomic E-state index is 0.862. The van der Waals surface area contributed by atoms with E-state index in [-0.39, 0.29) is 0 Å². The molecule has 111 valence electrons. The van der Waals surface area contributed by atoms with Crippen molar-refractivity contribution in [1.29, 1.82) is 0 Å². The van der Waals surface area contributed by atoms with E-state index in [2.05, 4.69) is 30.9 Å². The lowest BCUT2D eigenvalue weighted by molar-refractivity contribution is 1.02. The summed E-state index contributed by atoms with van der Waals surface area (Å²) in [5.41, 5.74) is 3.08. The molecule has 0 saturated carbocycles. The molecule has 23 heavy (non-hydrogen) atoms. The first-order valence-electron chi connectivity index (χ1n) is 7.52. The Kier molecular flexibility index (Phi) is 3.53. The van der Waals surface area contributed by atoms with E-state index in [0.29, 0.717) is 0 Å². The second-order valence-electron chi connectivity index (χ2n) is 5.21. The highest BCUT2D eigenvalue weighted by molar-refractivity contribution is 6.13. The molecule has 0 saturated heterocycles. The quantitative estimate of drug-likeness (QED) is 0.668. The first kappa shape index (κ1) is 13.6. The van der Waals surface area contributed by atoms with E-state index in [1.165, 1.54) is 0 Å². The van der Waals surface area contributed by atoms with E-state index in [0.717, 1.165) is 22.8 Å². The molecule has 3 aromatic rings. The second kappa shape index (κ2) is 5.97. The van der Waals surface area contributed by atoms with Crippen molar-refractivity contribution in [2.24, 2.45) is 5.10 Å². The van der Waals surface area contributed by atoms with Crippen molar-refractivity contribution in [3.05, 3.63) is 103 Å². The lowest BCUT2D eigenvalue weighted by atomic mass is 10.2. The van der Waals surface area contributed by atoms with Gasteiger partial charge >= 0.3 is 0 Å². The molecule has 4 rings (SSSR count). The molecule has 0 aromatic heterocycles. The van der Waals surface area contributed by atoms with Crippen LogP contribution in [0, 0.1) is 6.67 Å². The average Bonchev–Trinajstić information content (AvgIpc) is 3.09. The number of nitrogens with zero attached hydrogens (tertiary/aromatic N) is 3. The molecule has 0 atom stereocenters. The van der Waals surface area contributed by atoms with Gasteiger partial charge in [0.2, 0.25) is 0 Å². The Morgan fingerprint density at radius 2 is 1.13 bits per heavy atom. The molecule has 1 heterocycles. The summed E-state index contributed by atoms with van der Waals surface area (Å²) in [4.78, 5) is 1.99. The first-order chi connectivity index (χ1) is 11.4. The summed E-state index contributed by atoms with van der Waals surface area (Å²) in [6.45, 7) is 3.34. The van der Waals surface area contributed by atoms with Gasteiger partial charge in [-0.1, -0.05) is 66.7 Å². The molecule has 1 radical (unpaired) electrons. The van der Waals surface area contributed by atoms with Gasteiger partial charge < -0.3 is 9.91 Å². The zero-order valence-corrected chi connectivity index (χ0v) is 12.5. The summed E-state index contributed by atoms with van der Waals surface area (Å²) in [6, 6.07) is 30.4. The third-order valence-electron chi connectivity index (χ3n) is 3.65. The monoisotopic (exact) mass is 297 g/mol. The van der Waals surface area contributed by atoms with E-state index < -0.39 is 0 Å². The Labute approximate surface area is 136 Å². The topological polar surface area (TPSA) is 18.8 Å². The van der Waals surface area contributed by atoms with Crippen LogP contribution in [0.3, 0.4) is 0 Å². The van der Waals surface area contributed by atoms with Crippen LogP contribution < -0.4 is 9.91 Å². The van der Waals surface area contributed by atoms with Gasteiger partial charge in [-0.2, -0.15) is 5.10 Å². The van der Waals surface area contributed by atoms with E-state index >= 15 is 0 Å². The number of benzene rings is 3. The number of hydrogen-bond donors (Lipinski definition) is 0. The number of anilines is 2. The lowest BCUT2D eigenvalue weighted by Gasteiger charge is -2.36. The van der Waals surface area contributed by atoms with Gasteiger partial charge in [0.15, 0.2) is 0 Å². The van der Waals surface area contributed by atoms with Crippen LogP contribution in [0.25, 0.3) is 0 Å². The molecule has 0 aliphatic carbocycles. The summed E-state index contributed by atoms with van der Waals surface area (Å²) in [5.74, 6) is 0.862. The smallest absolute Gasteiger partial charge is 0.127 e. The fourth-order valence-electron chi connectivity index (χ4n) is 2.52. The zero-order chi connectivity index (χ0) is 15.5. The van der Waals surface area contributed by atoms with Gasteiger partial charge in [0.05, 0.1) is 0 Å². The molecule has 0 amide bonds. The Balaban J connectivity index is 1.76. The fourth-order valence-corrected chi connectivity index (χ4v) is 2.52. The van der Waals surface area contributed by atoms with Crippen LogP contribution in [0.5, 0.6) is 0 Å². The molecule has 3 nitrogen and oxygen atoms in total. The van der Waals surface area contributed by atoms with Crippen molar-refractivity contribution < 1.29 is 0 Å². The Hall–Kier alpha value is -3.07. The highest BCUT2D eigenvalue weighted by Gasteiger charge is 2.16. The van der Waals surface area contributed by atoms with Gasteiger partial charge in [-0.3, -0.25) is 0 Å². The van der Waals surface area contributed by atoms with Crippen LogP contribution >= 0.6 is 0 Å². The van der Waals surface area contributed by atoms with Gasteiger partial charge in [-0.15, -0.1) is 0 Å². The molecule has 0 bridgehead atoms. The third kappa shape index (κ3) is 2.69. The molecule has 3 aromatic carbocycles. The van der Waals surface area contributed by atoms with Crippen molar-refractivity contribution in [3.63, 3.8) is 0 Å². The normalized spacial score (nSPS) is 14.0. The Bertz CT molecular complexity index is 798. The van der Waals surface area contributed by atoms with Crippen LogP contribution in [-0.2, 0) is 0 Å². The molecule has 3 heteroatoms. The average molecular weight is 297 g/mol. The van der Waals surface area contributed by atoms with Crippen LogP contribution in [0.4, 0.5) is 11.4 Å². The number of amidine groups is 1. The van der Waals surface area contributed by atoms with E-state index in [1.54, 1.807) is 5.01 Å². The van der Waals surface area contributed by atoms with E-state index in [9.17, 15) is 0 Å². The molecular weight excluding hydrogens is 282 g/mol. The van der Waals surface area contributed by atoms with Crippen molar-refractivity contribution in [3.8, 4) is 0 Å². The van der Waals surface area contributed by atoms with Crippen molar-refractivity contribution in [2.45, 2.75) is 0 Å². The minimum Gasteiger partial charge on any atom is -0.481 e. The van der Waals surface area contributed by atoms with Crippen molar-refractivity contribution >= 4 is 17.2 Å². The second-order valence-corrected chi connectivity index (χ2v) is 5.21. The van der Waals surface area contributed by atoms with Gasteiger partial charge in [-0.05, 0) is 24.3 Å². The maximum absolute atomic E-state index is 4.75. The number of rotatable bonds is 3. The summed E-state index contributed by atoms with van der Waals surface area (Å²) < 4.78 is 0. The largest absolute Gasteiger partial charge is 0.481 e. The molecule has 1 aliphatic rings. The van der Waals surface area contributed by atoms with Gasteiger partial charge in [0.25, 0.3) is 0 Å². The van der Waals surface area contributed by atoms with Crippen molar-refractivity contribution in [1.82, 2.24) is 0 Å². The molecule has 0 fully saturated rings. The van der Waals surface area contributed by atoms with Gasteiger partial charge in [-0.25, -0.2) is 6.67 Å². The molecule has 0 N–H and O–H groups in total. The van der Waals surface area contributed by atoms with Gasteiger partial charge in [0, 0.05) is 16.9 Å². The highest BCUT2D eigenvalue weighted by Crippen LogP contribution is 2.29. The minimum atomic E-state index is 0.862. The predicted molar refractivity (Wildman–Crippen MR) is 94.1 cm³/mol. The zero-order valence-electron chi connectivity index (χ0n) is 12.5. The van der Waals surface area contributed by atoms with E-state index in [4.69, 9.17) is 5.10 Å². The van der Waals surface area contributed by atoms with E-state index in [1.807, 2.05) is 71.6 Å². The number of hydrazone groups is 1. The van der Waals surface area contributed by atoms with Crippen LogP contribution in [0.1, 0.15) is 5.56 Å². The summed E-state index contributed by atoms with van der Waals surface area (Å²) in [5, 5.41) is 6.54. The summed E-state index contributed by atoms with van der Waals surface area (Å²) in [6.07, 6.45) is 0. The summed E-state index contributed by atoms with van der Waals surface area (Å²) in [7, 11) is 0. The number of para-hydroxylation sites is 2. The molecular formula is C20H15N3-. The SMILES string of the molecule is [C-]1N(c2ccccc2)N=C(c2ccccc2)N1c1ccccc1. The first-order valence-corrected chi connectivity index (χ1v) is 7.52. The van der Waals surface area contributed by atoms with Crippen LogP contribution in [-0.4, -0.2) is 5.84 Å². The van der Waals surface area contributed by atoms with Gasteiger partial charge in [0.1, 0.15) is 5.84 Å². The molecule has 1 aliphatic heterocycles. The predicted octanol–water partition coefficient (Wildman–Crippen LogP) is 4.37. The highest BCUT2D eigenvalue weighted by atomic mass is 15.6. The van der Waals surface area contributed by atoms with Crippen LogP contribution in [0.15, 0.2) is 96.1 Å². The maximum atomic E-state index is 4.75. The van der Waals surface area contributed by atoms with Crippen LogP contribution in [0.2, 0.25) is 0 Å². The third-order valence-corrected chi connectivity index (χ3v) is 3.65. The number of hydrogen-bond acceptors (Lipinski definition) is 3. The standard InChI is InChI=1S/C20H15N3/c1-4-10-17(11-5-1)20-21-23(19-14-8-3-9-15-19)16-22(20)18-12-6-2-7-13-18/h1-15H/q-1. The lowest BCUT2D eigenvalue weighted by Crippen LogP contribution is -2.26. The Morgan fingerprint density at radius 1 is 0.609 bits per heavy atom. The maximum Gasteiger partial charge on any atom is 0.127 e. The molecule has 0 spiro atoms. The van der Waals surface area contributed by atoms with Crippen molar-refractivity contribution in [2.75, 3.05) is 9.91 Å². The fraction of sp³-hybridized carbons (Fsp3) is 0.